The number of hydrogen-bond donors (Lipinski definition) is 3. The lowest BCUT2D eigenvalue weighted by atomic mass is 9.92. The maximum absolute atomic E-state index is 13.0. The summed E-state index contributed by atoms with van der Waals surface area (Å²) in [6.07, 6.45) is -1.93. The first-order valence-electron chi connectivity index (χ1n) is 7.66. The fourth-order valence-electron chi connectivity index (χ4n) is 2.95. The Kier molecular flexibility index (Phi) is 4.52. The average Bonchev–Trinajstić information content (AvgIpc) is 2.63. The fraction of sp³-hybridized carbons (Fsp3) is 0.278. The van der Waals surface area contributed by atoms with Crippen LogP contribution in [0.2, 0.25) is 0 Å². The van der Waals surface area contributed by atoms with Gasteiger partial charge in [0, 0.05) is 13.2 Å². The molecule has 0 bridgehead atoms. The Morgan fingerprint density at radius 3 is 2.31 bits per heavy atom. The molecule has 8 heteroatoms. The highest BCUT2D eigenvalue weighted by Crippen LogP contribution is 2.49. The third-order valence-corrected chi connectivity index (χ3v) is 4.22. The molecule has 0 aromatic heterocycles. The number of methoxy groups -OCH3 is 3. The Bertz CT molecular complexity index is 861. The molecule has 1 aliphatic heterocycles. The standard InChI is InChI=1S/C18H18O8/c1-23-12-7-11-13(17(24-2)14(12)21)15(22)18(25-3)16(26-11)8-4-5-9(19)10(20)6-8/h4-7,16,18-21H,1-3H3. The minimum atomic E-state index is -1.05. The van der Waals surface area contributed by atoms with Crippen LogP contribution in [0.5, 0.6) is 34.5 Å². The van der Waals surface area contributed by atoms with Crippen LogP contribution in [0.4, 0.5) is 0 Å². The van der Waals surface area contributed by atoms with Crippen molar-refractivity contribution >= 4 is 5.78 Å². The number of aromatic hydroxyl groups is 3. The summed E-state index contributed by atoms with van der Waals surface area (Å²) in [6, 6.07) is 5.47. The zero-order valence-corrected chi connectivity index (χ0v) is 14.3. The lowest BCUT2D eigenvalue weighted by molar-refractivity contribution is -0.00129. The van der Waals surface area contributed by atoms with Crippen LogP contribution in [0.3, 0.4) is 0 Å². The number of hydrogen-bond acceptors (Lipinski definition) is 8. The van der Waals surface area contributed by atoms with E-state index in [2.05, 4.69) is 0 Å². The van der Waals surface area contributed by atoms with Gasteiger partial charge in [0.15, 0.2) is 35.2 Å². The summed E-state index contributed by atoms with van der Waals surface area (Å²) in [5.74, 6) is -1.26. The second-order valence-electron chi connectivity index (χ2n) is 5.64. The molecule has 2 unspecified atom stereocenters. The Labute approximate surface area is 149 Å². The summed E-state index contributed by atoms with van der Waals surface area (Å²) in [4.78, 5) is 13.0. The molecule has 0 saturated heterocycles. The number of phenols is 3. The molecule has 2 aromatic rings. The SMILES string of the molecule is COc1cc2c(c(OC)c1O)C(=O)C(OC)C(c1ccc(O)c(O)c1)O2. The summed E-state index contributed by atoms with van der Waals surface area (Å²) in [7, 11) is 4.02. The number of phenolic OH excluding ortho intramolecular Hbond substituents is 3. The van der Waals surface area contributed by atoms with E-state index in [1.165, 1.54) is 45.6 Å². The molecule has 138 valence electrons. The predicted molar refractivity (Wildman–Crippen MR) is 89.5 cm³/mol. The molecule has 0 saturated carbocycles. The van der Waals surface area contributed by atoms with Gasteiger partial charge in [-0.25, -0.2) is 0 Å². The Morgan fingerprint density at radius 2 is 1.73 bits per heavy atom. The van der Waals surface area contributed by atoms with Gasteiger partial charge in [-0.2, -0.15) is 0 Å². The number of carbonyl (C=O) groups is 1. The van der Waals surface area contributed by atoms with Crippen molar-refractivity contribution in [3.63, 3.8) is 0 Å². The van der Waals surface area contributed by atoms with Gasteiger partial charge < -0.3 is 34.3 Å². The van der Waals surface area contributed by atoms with E-state index in [9.17, 15) is 20.1 Å². The van der Waals surface area contributed by atoms with Gasteiger partial charge in [0.25, 0.3) is 0 Å². The van der Waals surface area contributed by atoms with Gasteiger partial charge in [-0.1, -0.05) is 6.07 Å². The van der Waals surface area contributed by atoms with Gasteiger partial charge in [-0.3, -0.25) is 4.79 Å². The zero-order valence-electron chi connectivity index (χ0n) is 14.3. The molecule has 1 heterocycles. The van der Waals surface area contributed by atoms with E-state index in [1.807, 2.05) is 0 Å². The van der Waals surface area contributed by atoms with Gasteiger partial charge >= 0.3 is 0 Å². The molecule has 3 N–H and O–H groups in total. The highest BCUT2D eigenvalue weighted by Gasteiger charge is 2.42. The first-order valence-corrected chi connectivity index (χ1v) is 7.66. The summed E-state index contributed by atoms with van der Waals surface area (Å²) in [5.41, 5.74) is 0.467. The zero-order chi connectivity index (χ0) is 19.0. The molecule has 26 heavy (non-hydrogen) atoms. The maximum Gasteiger partial charge on any atom is 0.203 e. The van der Waals surface area contributed by atoms with Crippen LogP contribution in [-0.4, -0.2) is 48.5 Å². The lowest BCUT2D eigenvalue weighted by Crippen LogP contribution is -2.38. The van der Waals surface area contributed by atoms with Crippen molar-refractivity contribution in [2.45, 2.75) is 12.2 Å². The third-order valence-electron chi connectivity index (χ3n) is 4.22. The van der Waals surface area contributed by atoms with Crippen LogP contribution >= 0.6 is 0 Å². The molecule has 8 nitrogen and oxygen atoms in total. The highest BCUT2D eigenvalue weighted by atomic mass is 16.5. The van der Waals surface area contributed by atoms with E-state index in [1.54, 1.807) is 0 Å². The number of fused-ring (bicyclic) bond motifs is 1. The van der Waals surface area contributed by atoms with Crippen molar-refractivity contribution in [3.8, 4) is 34.5 Å². The minimum Gasteiger partial charge on any atom is -0.504 e. The number of ether oxygens (including phenoxy) is 4. The first kappa shape index (κ1) is 17.7. The van der Waals surface area contributed by atoms with Crippen LogP contribution in [0.15, 0.2) is 24.3 Å². The van der Waals surface area contributed by atoms with Gasteiger partial charge in [-0.05, 0) is 17.7 Å². The van der Waals surface area contributed by atoms with Crippen molar-refractivity contribution in [1.82, 2.24) is 0 Å². The van der Waals surface area contributed by atoms with Gasteiger partial charge in [-0.15, -0.1) is 0 Å². The summed E-state index contributed by atoms with van der Waals surface area (Å²) in [6.45, 7) is 0. The number of Topliss-reactive ketones (excluding diaryl/α,β-unsaturated/α-hetero) is 1. The van der Waals surface area contributed by atoms with Crippen molar-refractivity contribution < 1.29 is 39.1 Å². The van der Waals surface area contributed by atoms with E-state index >= 15 is 0 Å². The van der Waals surface area contributed by atoms with Crippen molar-refractivity contribution in [3.05, 3.63) is 35.4 Å². The number of carbonyl (C=O) groups excluding carboxylic acids is 1. The van der Waals surface area contributed by atoms with Crippen LogP contribution in [-0.2, 0) is 4.74 Å². The van der Waals surface area contributed by atoms with Crippen LogP contribution in [0.25, 0.3) is 0 Å². The monoisotopic (exact) mass is 362 g/mol. The van der Waals surface area contributed by atoms with Gasteiger partial charge in [0.1, 0.15) is 11.3 Å². The van der Waals surface area contributed by atoms with Crippen LogP contribution in [0, 0.1) is 0 Å². The van der Waals surface area contributed by atoms with Gasteiger partial charge in [0.05, 0.1) is 14.2 Å². The van der Waals surface area contributed by atoms with Crippen LogP contribution < -0.4 is 14.2 Å². The second-order valence-corrected chi connectivity index (χ2v) is 5.64. The fourth-order valence-corrected chi connectivity index (χ4v) is 2.95. The Balaban J connectivity index is 2.16. The lowest BCUT2D eigenvalue weighted by Gasteiger charge is -2.33. The van der Waals surface area contributed by atoms with E-state index in [-0.39, 0.29) is 40.1 Å². The molecule has 0 radical (unpaired) electrons. The number of ketones is 1. The highest BCUT2D eigenvalue weighted by molar-refractivity contribution is 6.06. The smallest absolute Gasteiger partial charge is 0.203 e. The van der Waals surface area contributed by atoms with Gasteiger partial charge in [0.2, 0.25) is 11.5 Å². The van der Waals surface area contributed by atoms with E-state index < -0.39 is 18.0 Å². The largest absolute Gasteiger partial charge is 0.504 e. The molecule has 2 aromatic carbocycles. The van der Waals surface area contributed by atoms with Crippen molar-refractivity contribution in [2.24, 2.45) is 0 Å². The van der Waals surface area contributed by atoms with E-state index in [0.717, 1.165) is 0 Å². The summed E-state index contributed by atoms with van der Waals surface area (Å²) < 4.78 is 21.5. The normalized spacial score (nSPS) is 18.8. The topological polar surface area (TPSA) is 115 Å². The van der Waals surface area contributed by atoms with Crippen molar-refractivity contribution in [2.75, 3.05) is 21.3 Å². The van der Waals surface area contributed by atoms with Crippen LogP contribution in [0.1, 0.15) is 22.0 Å². The average molecular weight is 362 g/mol. The Morgan fingerprint density at radius 1 is 1.00 bits per heavy atom. The molecule has 2 atom stereocenters. The first-order chi connectivity index (χ1) is 12.4. The Hall–Kier alpha value is -3.13. The maximum atomic E-state index is 13.0. The van der Waals surface area contributed by atoms with E-state index in [4.69, 9.17) is 18.9 Å². The molecule has 1 aliphatic rings. The molecular weight excluding hydrogens is 344 g/mol. The summed E-state index contributed by atoms with van der Waals surface area (Å²) >= 11 is 0. The van der Waals surface area contributed by atoms with Crippen molar-refractivity contribution in [1.29, 1.82) is 0 Å². The molecule has 0 fully saturated rings. The summed E-state index contributed by atoms with van der Waals surface area (Å²) in [5, 5.41) is 29.5. The number of rotatable bonds is 4. The number of benzene rings is 2. The molecule has 0 spiro atoms. The molecule has 0 aliphatic carbocycles. The molecule has 0 amide bonds. The third kappa shape index (κ3) is 2.64. The predicted octanol–water partition coefficient (Wildman–Crippen LogP) is 2.15. The molecular formula is C18H18O8. The minimum absolute atomic E-state index is 0.0388. The quantitative estimate of drug-likeness (QED) is 0.709. The van der Waals surface area contributed by atoms with E-state index in [0.29, 0.717) is 5.56 Å². The molecule has 3 rings (SSSR count). The second kappa shape index (κ2) is 6.64.